The van der Waals surface area contributed by atoms with E-state index < -0.39 is 0 Å². The first-order chi connectivity index (χ1) is 16.5. The van der Waals surface area contributed by atoms with Crippen molar-refractivity contribution in [1.82, 2.24) is 24.9 Å². The number of nitrogens with zero attached hydrogens (tertiary/aromatic N) is 4. The SMILES string of the molecule is Cc1cc(-c2cnn3c(NCC(C)C)cc(Oc4cccnc4)nc23)ccc1C(=O)NC1CC1. The molecule has 0 unspecified atom stereocenters. The molecule has 1 fully saturated rings. The second-order valence-electron chi connectivity index (χ2n) is 9.12. The molecule has 1 amide bonds. The van der Waals surface area contributed by atoms with Crippen molar-refractivity contribution in [3.8, 4) is 22.8 Å². The predicted octanol–water partition coefficient (Wildman–Crippen LogP) is 4.85. The molecule has 174 valence electrons. The lowest BCUT2D eigenvalue weighted by atomic mass is 10.0. The maximum Gasteiger partial charge on any atom is 0.251 e. The highest BCUT2D eigenvalue weighted by molar-refractivity contribution is 5.97. The van der Waals surface area contributed by atoms with Gasteiger partial charge in [-0.15, -0.1) is 0 Å². The van der Waals surface area contributed by atoms with Crippen LogP contribution in [-0.2, 0) is 0 Å². The summed E-state index contributed by atoms with van der Waals surface area (Å²) in [4.78, 5) is 21.4. The van der Waals surface area contributed by atoms with Gasteiger partial charge in [-0.05, 0) is 55.0 Å². The van der Waals surface area contributed by atoms with Crippen molar-refractivity contribution in [1.29, 1.82) is 0 Å². The molecule has 3 aromatic heterocycles. The maximum atomic E-state index is 12.5. The smallest absolute Gasteiger partial charge is 0.251 e. The number of fused-ring (bicyclic) bond motifs is 1. The van der Waals surface area contributed by atoms with Crippen molar-refractivity contribution < 1.29 is 9.53 Å². The molecule has 1 aliphatic rings. The van der Waals surface area contributed by atoms with E-state index in [1.165, 1.54) is 0 Å². The Kier molecular flexibility index (Phi) is 5.88. The lowest BCUT2D eigenvalue weighted by Gasteiger charge is -2.13. The molecule has 0 aliphatic heterocycles. The highest BCUT2D eigenvalue weighted by atomic mass is 16.5. The van der Waals surface area contributed by atoms with Crippen molar-refractivity contribution in [3.63, 3.8) is 0 Å². The minimum absolute atomic E-state index is 0.0168. The first kappa shape index (κ1) is 21.9. The van der Waals surface area contributed by atoms with Crippen LogP contribution in [-0.4, -0.2) is 38.1 Å². The van der Waals surface area contributed by atoms with Crippen LogP contribution in [0.25, 0.3) is 16.8 Å². The van der Waals surface area contributed by atoms with E-state index in [4.69, 9.17) is 9.72 Å². The van der Waals surface area contributed by atoms with Gasteiger partial charge in [0.15, 0.2) is 5.65 Å². The number of anilines is 1. The maximum absolute atomic E-state index is 12.5. The molecule has 34 heavy (non-hydrogen) atoms. The average molecular weight is 457 g/mol. The van der Waals surface area contributed by atoms with E-state index in [0.717, 1.165) is 41.9 Å². The summed E-state index contributed by atoms with van der Waals surface area (Å²) in [5.41, 5.74) is 4.08. The number of benzene rings is 1. The Bertz CT molecular complexity index is 1330. The Balaban J connectivity index is 1.53. The summed E-state index contributed by atoms with van der Waals surface area (Å²) < 4.78 is 7.79. The van der Waals surface area contributed by atoms with Crippen LogP contribution < -0.4 is 15.4 Å². The molecule has 1 saturated carbocycles. The van der Waals surface area contributed by atoms with Gasteiger partial charge in [-0.2, -0.15) is 14.6 Å². The Morgan fingerprint density at radius 1 is 1.21 bits per heavy atom. The van der Waals surface area contributed by atoms with Crippen molar-refractivity contribution in [2.24, 2.45) is 5.92 Å². The minimum atomic E-state index is -0.0168. The Morgan fingerprint density at radius 2 is 2.06 bits per heavy atom. The predicted molar refractivity (Wildman–Crippen MR) is 131 cm³/mol. The van der Waals surface area contributed by atoms with Crippen LogP contribution in [0.3, 0.4) is 0 Å². The van der Waals surface area contributed by atoms with Gasteiger partial charge in [-0.25, -0.2) is 0 Å². The van der Waals surface area contributed by atoms with Crippen LogP contribution in [0.1, 0.15) is 42.6 Å². The fourth-order valence-corrected chi connectivity index (χ4v) is 3.74. The van der Waals surface area contributed by atoms with Crippen LogP contribution >= 0.6 is 0 Å². The number of hydrogen-bond acceptors (Lipinski definition) is 6. The number of carbonyl (C=O) groups is 1. The molecule has 0 atom stereocenters. The van der Waals surface area contributed by atoms with Gasteiger partial charge in [0.1, 0.15) is 11.6 Å². The summed E-state index contributed by atoms with van der Waals surface area (Å²) >= 11 is 0. The van der Waals surface area contributed by atoms with Crippen molar-refractivity contribution in [2.75, 3.05) is 11.9 Å². The van der Waals surface area contributed by atoms with Crippen molar-refractivity contribution in [3.05, 3.63) is 66.1 Å². The number of carbonyl (C=O) groups excluding carboxylic acids is 1. The van der Waals surface area contributed by atoms with Crippen LogP contribution in [0.15, 0.2) is 55.0 Å². The summed E-state index contributed by atoms with van der Waals surface area (Å²) in [6.07, 6.45) is 7.28. The highest BCUT2D eigenvalue weighted by Crippen LogP contribution is 2.31. The van der Waals surface area contributed by atoms with Gasteiger partial charge in [0, 0.05) is 36.0 Å². The van der Waals surface area contributed by atoms with Crippen LogP contribution in [0, 0.1) is 12.8 Å². The second kappa shape index (κ2) is 9.13. The summed E-state index contributed by atoms with van der Waals surface area (Å²) in [5, 5.41) is 11.1. The van der Waals surface area contributed by atoms with E-state index in [1.54, 1.807) is 23.1 Å². The van der Waals surface area contributed by atoms with E-state index in [-0.39, 0.29) is 5.91 Å². The number of rotatable bonds is 8. The topological polar surface area (TPSA) is 93.4 Å². The molecule has 8 heteroatoms. The van der Waals surface area contributed by atoms with E-state index in [1.807, 2.05) is 43.3 Å². The molecular weight excluding hydrogens is 428 g/mol. The van der Waals surface area contributed by atoms with Gasteiger partial charge in [0.05, 0.1) is 12.4 Å². The third-order valence-electron chi connectivity index (χ3n) is 5.69. The largest absolute Gasteiger partial charge is 0.437 e. The van der Waals surface area contributed by atoms with Crippen LogP contribution in [0.2, 0.25) is 0 Å². The zero-order valence-corrected chi connectivity index (χ0v) is 19.6. The molecule has 0 spiro atoms. The molecule has 1 aliphatic carbocycles. The lowest BCUT2D eigenvalue weighted by Crippen LogP contribution is -2.26. The molecule has 0 bridgehead atoms. The van der Waals surface area contributed by atoms with E-state index in [2.05, 4.69) is 34.6 Å². The molecule has 2 N–H and O–H groups in total. The Morgan fingerprint density at radius 3 is 2.76 bits per heavy atom. The quantitative estimate of drug-likeness (QED) is 0.394. The molecule has 1 aromatic carbocycles. The second-order valence-corrected chi connectivity index (χ2v) is 9.12. The Hall–Kier alpha value is -3.94. The first-order valence-corrected chi connectivity index (χ1v) is 11.6. The van der Waals surface area contributed by atoms with E-state index in [9.17, 15) is 4.79 Å². The summed E-state index contributed by atoms with van der Waals surface area (Å²) in [7, 11) is 0. The van der Waals surface area contributed by atoms with Gasteiger partial charge in [0.2, 0.25) is 5.88 Å². The molecule has 0 radical (unpaired) electrons. The average Bonchev–Trinajstić information content (AvgIpc) is 3.53. The number of amides is 1. The van der Waals surface area contributed by atoms with Gasteiger partial charge in [-0.3, -0.25) is 9.78 Å². The Labute approximate surface area is 198 Å². The number of hydrogen-bond donors (Lipinski definition) is 2. The number of ether oxygens (including phenoxy) is 1. The standard InChI is InChI=1S/C26H28N6O2/c1-16(2)13-28-23-12-24(34-20-5-4-10-27-14-20)31-25-22(15-29-32(23)25)18-6-9-21(17(3)11-18)26(33)30-19-7-8-19/h4-6,9-12,14-16,19,28H,7-8,13H2,1-3H3,(H,30,33). The van der Waals surface area contributed by atoms with Gasteiger partial charge in [0.25, 0.3) is 5.91 Å². The van der Waals surface area contributed by atoms with Crippen molar-refractivity contribution in [2.45, 2.75) is 39.7 Å². The molecule has 8 nitrogen and oxygen atoms in total. The zero-order valence-electron chi connectivity index (χ0n) is 19.6. The molecular formula is C26H28N6O2. The normalized spacial score (nSPS) is 13.3. The summed E-state index contributed by atoms with van der Waals surface area (Å²) in [6.45, 7) is 7.04. The van der Waals surface area contributed by atoms with E-state index >= 15 is 0 Å². The number of nitrogens with one attached hydrogen (secondary N) is 2. The third kappa shape index (κ3) is 4.71. The monoisotopic (exact) mass is 456 g/mol. The van der Waals surface area contributed by atoms with Gasteiger partial charge in [-0.1, -0.05) is 26.0 Å². The third-order valence-corrected chi connectivity index (χ3v) is 5.69. The van der Waals surface area contributed by atoms with E-state index in [0.29, 0.717) is 34.8 Å². The zero-order chi connectivity index (χ0) is 23.7. The summed E-state index contributed by atoms with van der Waals surface area (Å²) in [6, 6.07) is 11.7. The molecule has 0 saturated heterocycles. The lowest BCUT2D eigenvalue weighted by molar-refractivity contribution is 0.0950. The number of aromatic nitrogens is 4. The number of aryl methyl sites for hydroxylation is 1. The minimum Gasteiger partial charge on any atom is -0.437 e. The van der Waals surface area contributed by atoms with Crippen molar-refractivity contribution >= 4 is 17.4 Å². The summed E-state index contributed by atoms with van der Waals surface area (Å²) in [5.74, 6) is 2.29. The molecule has 5 rings (SSSR count). The number of pyridine rings is 1. The van der Waals surface area contributed by atoms with Crippen LogP contribution in [0.4, 0.5) is 5.82 Å². The molecule has 3 heterocycles. The fourth-order valence-electron chi connectivity index (χ4n) is 3.74. The molecule has 4 aromatic rings. The van der Waals surface area contributed by atoms with Crippen LogP contribution in [0.5, 0.6) is 11.6 Å². The first-order valence-electron chi connectivity index (χ1n) is 11.6. The highest BCUT2D eigenvalue weighted by Gasteiger charge is 2.24. The fraction of sp³-hybridized carbons (Fsp3) is 0.308. The van der Waals surface area contributed by atoms with Gasteiger partial charge >= 0.3 is 0 Å². The van der Waals surface area contributed by atoms with Gasteiger partial charge < -0.3 is 15.4 Å².